The molecule has 1 aromatic carbocycles. The number of amides is 1. The molecule has 2 heterocycles. The molecule has 1 aliphatic rings. The van der Waals surface area contributed by atoms with Crippen molar-refractivity contribution in [3.05, 3.63) is 77.7 Å². The molecule has 4 rings (SSSR count). The molecule has 0 atom stereocenters. The summed E-state index contributed by atoms with van der Waals surface area (Å²) in [6.07, 6.45) is 0.693. The Labute approximate surface area is 212 Å². The van der Waals surface area contributed by atoms with Gasteiger partial charge in [-0.25, -0.2) is 9.67 Å². The molecule has 0 radical (unpaired) electrons. The predicted molar refractivity (Wildman–Crippen MR) is 129 cm³/mol. The minimum absolute atomic E-state index is 0.0540. The standard InChI is InChI=1S/C27H27F3N4O3/c28-27(29,30)25-21(17-34(33-25)23-10-4-5-15-31-23)26(37)32-16-6-9-22(35)18-11-13-20(14-12-18)24(36)19-7-2-1-3-8-19/h1-5,7-8,10,15,17-18,20H,6,9,11-14,16H2,(H,32,37). The summed E-state index contributed by atoms with van der Waals surface area (Å²) in [7, 11) is 0. The van der Waals surface area contributed by atoms with Crippen LogP contribution in [0.2, 0.25) is 0 Å². The highest BCUT2D eigenvalue weighted by Gasteiger charge is 2.39. The minimum atomic E-state index is -4.82. The number of halogens is 3. The largest absolute Gasteiger partial charge is 0.435 e. The van der Waals surface area contributed by atoms with Crippen LogP contribution in [0.15, 0.2) is 60.9 Å². The quantitative estimate of drug-likeness (QED) is 0.320. The molecule has 7 nitrogen and oxygen atoms in total. The number of benzene rings is 1. The Hall–Kier alpha value is -3.82. The second-order valence-corrected chi connectivity index (χ2v) is 9.13. The highest BCUT2D eigenvalue weighted by molar-refractivity contribution is 5.98. The van der Waals surface area contributed by atoms with E-state index in [0.29, 0.717) is 37.7 Å². The van der Waals surface area contributed by atoms with Crippen molar-refractivity contribution in [1.82, 2.24) is 20.1 Å². The number of ketones is 2. The number of alkyl halides is 3. The summed E-state index contributed by atoms with van der Waals surface area (Å²) < 4.78 is 41.3. The molecule has 37 heavy (non-hydrogen) atoms. The molecule has 1 saturated carbocycles. The summed E-state index contributed by atoms with van der Waals surface area (Å²) in [5, 5.41) is 5.98. The number of hydrogen-bond donors (Lipinski definition) is 1. The normalized spacial score (nSPS) is 17.8. The third-order valence-corrected chi connectivity index (χ3v) is 6.61. The van der Waals surface area contributed by atoms with Crippen LogP contribution < -0.4 is 5.32 Å². The van der Waals surface area contributed by atoms with E-state index >= 15 is 0 Å². The van der Waals surface area contributed by atoms with E-state index in [1.54, 1.807) is 24.3 Å². The molecule has 0 bridgehead atoms. The van der Waals surface area contributed by atoms with E-state index < -0.39 is 23.3 Å². The van der Waals surface area contributed by atoms with Crippen LogP contribution in [0.25, 0.3) is 5.82 Å². The summed E-state index contributed by atoms with van der Waals surface area (Å²) >= 11 is 0. The van der Waals surface area contributed by atoms with Gasteiger partial charge in [-0.3, -0.25) is 14.4 Å². The lowest BCUT2D eigenvalue weighted by Gasteiger charge is -2.26. The Balaban J connectivity index is 1.26. The lowest BCUT2D eigenvalue weighted by molar-refractivity contribution is -0.141. The fourth-order valence-corrected chi connectivity index (χ4v) is 4.64. The van der Waals surface area contributed by atoms with Gasteiger partial charge in [-0.1, -0.05) is 36.4 Å². The number of carbonyl (C=O) groups excluding carboxylic acids is 3. The number of rotatable bonds is 9. The van der Waals surface area contributed by atoms with Crippen molar-refractivity contribution in [3.63, 3.8) is 0 Å². The number of nitrogens with one attached hydrogen (secondary N) is 1. The maximum atomic E-state index is 13.5. The Bertz CT molecular complexity index is 1230. The average Bonchev–Trinajstić information content (AvgIpc) is 3.38. The van der Waals surface area contributed by atoms with Gasteiger partial charge in [0.2, 0.25) is 0 Å². The summed E-state index contributed by atoms with van der Waals surface area (Å²) in [6, 6.07) is 13.8. The van der Waals surface area contributed by atoms with Crippen LogP contribution in [-0.4, -0.2) is 38.8 Å². The van der Waals surface area contributed by atoms with Gasteiger partial charge in [0.15, 0.2) is 17.3 Å². The Kier molecular flexibility index (Phi) is 8.15. The molecule has 0 aliphatic heterocycles. The van der Waals surface area contributed by atoms with Gasteiger partial charge in [-0.05, 0) is 44.2 Å². The van der Waals surface area contributed by atoms with E-state index in [0.717, 1.165) is 10.9 Å². The van der Waals surface area contributed by atoms with Crippen LogP contribution in [0.1, 0.15) is 64.9 Å². The van der Waals surface area contributed by atoms with Gasteiger partial charge in [0.25, 0.3) is 5.91 Å². The number of nitrogens with zero attached hydrogens (tertiary/aromatic N) is 3. The number of pyridine rings is 1. The summed E-state index contributed by atoms with van der Waals surface area (Å²) in [5.74, 6) is -0.818. The summed E-state index contributed by atoms with van der Waals surface area (Å²) in [6.45, 7) is 0.0540. The Morgan fingerprint density at radius 2 is 1.62 bits per heavy atom. The maximum absolute atomic E-state index is 13.5. The van der Waals surface area contributed by atoms with Crippen LogP contribution in [0, 0.1) is 11.8 Å². The molecule has 10 heteroatoms. The molecule has 1 N–H and O–H groups in total. The molecule has 0 spiro atoms. The van der Waals surface area contributed by atoms with E-state index in [4.69, 9.17) is 0 Å². The van der Waals surface area contributed by atoms with Gasteiger partial charge in [0.05, 0.1) is 5.56 Å². The van der Waals surface area contributed by atoms with Gasteiger partial charge in [0, 0.05) is 42.8 Å². The minimum Gasteiger partial charge on any atom is -0.352 e. The lowest BCUT2D eigenvalue weighted by Crippen LogP contribution is -2.28. The molecule has 1 fully saturated rings. The first kappa shape index (κ1) is 26.2. The van der Waals surface area contributed by atoms with E-state index in [1.807, 2.05) is 18.2 Å². The monoisotopic (exact) mass is 512 g/mol. The first-order valence-electron chi connectivity index (χ1n) is 12.2. The van der Waals surface area contributed by atoms with Crippen molar-refractivity contribution >= 4 is 17.5 Å². The zero-order valence-electron chi connectivity index (χ0n) is 20.1. The summed E-state index contributed by atoms with van der Waals surface area (Å²) in [4.78, 5) is 41.7. The van der Waals surface area contributed by atoms with Crippen LogP contribution in [0.4, 0.5) is 13.2 Å². The number of hydrogen-bond acceptors (Lipinski definition) is 5. The van der Waals surface area contributed by atoms with Crippen molar-refractivity contribution in [2.45, 2.75) is 44.7 Å². The van der Waals surface area contributed by atoms with Crippen molar-refractivity contribution < 1.29 is 27.6 Å². The topological polar surface area (TPSA) is 94.0 Å². The maximum Gasteiger partial charge on any atom is 0.435 e. The summed E-state index contributed by atoms with van der Waals surface area (Å²) in [5.41, 5.74) is -1.22. The van der Waals surface area contributed by atoms with Crippen molar-refractivity contribution in [3.8, 4) is 5.82 Å². The van der Waals surface area contributed by atoms with Crippen LogP contribution in [-0.2, 0) is 11.0 Å². The fourth-order valence-electron chi connectivity index (χ4n) is 4.64. The average molecular weight is 513 g/mol. The second kappa shape index (κ2) is 11.5. The van der Waals surface area contributed by atoms with E-state index in [9.17, 15) is 27.6 Å². The van der Waals surface area contributed by atoms with Crippen LogP contribution in [0.5, 0.6) is 0 Å². The molecule has 0 unspecified atom stereocenters. The van der Waals surface area contributed by atoms with Gasteiger partial charge >= 0.3 is 6.18 Å². The molecule has 1 amide bonds. The number of aromatic nitrogens is 3. The third kappa shape index (κ3) is 6.49. The lowest BCUT2D eigenvalue weighted by atomic mass is 9.76. The number of Topliss-reactive ketones (excluding diaryl/α,β-unsaturated/α-hetero) is 2. The Morgan fingerprint density at radius 1 is 0.946 bits per heavy atom. The fraction of sp³-hybridized carbons (Fsp3) is 0.370. The van der Waals surface area contributed by atoms with Crippen molar-refractivity contribution in [2.24, 2.45) is 11.8 Å². The van der Waals surface area contributed by atoms with Gasteiger partial charge in [-0.2, -0.15) is 18.3 Å². The molecule has 2 aromatic heterocycles. The van der Waals surface area contributed by atoms with E-state index in [-0.39, 0.29) is 42.2 Å². The molecule has 3 aromatic rings. The molecular weight excluding hydrogens is 485 g/mol. The number of carbonyl (C=O) groups is 3. The molecule has 0 saturated heterocycles. The van der Waals surface area contributed by atoms with Crippen molar-refractivity contribution in [2.75, 3.05) is 6.54 Å². The van der Waals surface area contributed by atoms with Crippen LogP contribution >= 0.6 is 0 Å². The van der Waals surface area contributed by atoms with Gasteiger partial charge in [-0.15, -0.1) is 0 Å². The van der Waals surface area contributed by atoms with E-state index in [1.165, 1.54) is 12.3 Å². The first-order chi connectivity index (χ1) is 17.7. The third-order valence-electron chi connectivity index (χ3n) is 6.61. The first-order valence-corrected chi connectivity index (χ1v) is 12.2. The molecular formula is C27H27F3N4O3. The van der Waals surface area contributed by atoms with Crippen molar-refractivity contribution in [1.29, 1.82) is 0 Å². The molecule has 1 aliphatic carbocycles. The highest BCUT2D eigenvalue weighted by Crippen LogP contribution is 2.33. The van der Waals surface area contributed by atoms with E-state index in [2.05, 4.69) is 15.4 Å². The van der Waals surface area contributed by atoms with Gasteiger partial charge in [0.1, 0.15) is 5.78 Å². The highest BCUT2D eigenvalue weighted by atomic mass is 19.4. The van der Waals surface area contributed by atoms with Crippen LogP contribution in [0.3, 0.4) is 0 Å². The molecule has 194 valence electrons. The smallest absolute Gasteiger partial charge is 0.352 e. The zero-order valence-corrected chi connectivity index (χ0v) is 20.1. The zero-order chi connectivity index (χ0) is 26.4. The predicted octanol–water partition coefficient (Wildman–Crippen LogP) is 5.05. The SMILES string of the molecule is O=C(NCCCC(=O)C1CCC(C(=O)c2ccccc2)CC1)c1cn(-c2ccccn2)nc1C(F)(F)F. The second-order valence-electron chi connectivity index (χ2n) is 9.13. The Morgan fingerprint density at radius 3 is 2.27 bits per heavy atom. The van der Waals surface area contributed by atoms with Gasteiger partial charge < -0.3 is 5.32 Å².